The van der Waals surface area contributed by atoms with Crippen LogP contribution in [0.1, 0.15) is 11.1 Å². The smallest absolute Gasteiger partial charge is 0.296 e. The molecule has 0 unspecified atom stereocenters. The van der Waals surface area contributed by atoms with Gasteiger partial charge in [0, 0.05) is 11.5 Å². The molecule has 0 spiro atoms. The number of aromatic nitrogens is 1. The molecule has 2 aromatic carbocycles. The Morgan fingerprint density at radius 1 is 1.09 bits per heavy atom. The molecule has 0 fully saturated rings. The minimum atomic E-state index is -0.515. The summed E-state index contributed by atoms with van der Waals surface area (Å²) in [6, 6.07) is 9.94. The van der Waals surface area contributed by atoms with Gasteiger partial charge in [-0.3, -0.25) is 10.1 Å². The van der Waals surface area contributed by atoms with Gasteiger partial charge in [0.1, 0.15) is 0 Å². The van der Waals surface area contributed by atoms with Crippen LogP contribution in [0.2, 0.25) is 0 Å². The molecule has 3 rings (SSSR count). The van der Waals surface area contributed by atoms with E-state index >= 15 is 0 Å². The van der Waals surface area contributed by atoms with E-state index in [1.165, 1.54) is 12.1 Å². The maximum absolute atomic E-state index is 11.0. The second kappa shape index (κ2) is 5.53. The number of nitrogens with one attached hydrogen (secondary N) is 1. The van der Waals surface area contributed by atoms with Gasteiger partial charge >= 0.3 is 0 Å². The Morgan fingerprint density at radius 3 is 2.52 bits per heavy atom. The van der Waals surface area contributed by atoms with Gasteiger partial charge in [-0.15, -0.1) is 10.2 Å². The lowest BCUT2D eigenvalue weighted by molar-refractivity contribution is -0.384. The van der Waals surface area contributed by atoms with Crippen LogP contribution in [-0.4, -0.2) is 15.0 Å². The number of aromatic hydroxyl groups is 1. The number of hydrogen-bond acceptors (Lipinski definition) is 5. The molecule has 0 saturated carbocycles. The Bertz CT molecular complexity index is 944. The van der Waals surface area contributed by atoms with Crippen molar-refractivity contribution in [2.24, 2.45) is 10.2 Å². The summed E-state index contributed by atoms with van der Waals surface area (Å²) < 4.78 is 0. The molecule has 2 N–H and O–H groups in total. The van der Waals surface area contributed by atoms with Crippen molar-refractivity contribution in [1.82, 2.24) is 4.98 Å². The zero-order valence-electron chi connectivity index (χ0n) is 12.6. The van der Waals surface area contributed by atoms with Gasteiger partial charge in [-0.1, -0.05) is 24.3 Å². The standard InChI is InChI=1S/C16H14N4O3/c1-9-7-8-10(2)14-13(9)15(16(21)17-14)19-18-11-5-3-4-6-12(11)20(22)23/h3-8,17,21H,1-2H3. The van der Waals surface area contributed by atoms with E-state index in [0.29, 0.717) is 0 Å². The normalized spacial score (nSPS) is 11.4. The number of aryl methyl sites for hydroxylation is 2. The van der Waals surface area contributed by atoms with Crippen LogP contribution >= 0.6 is 0 Å². The van der Waals surface area contributed by atoms with Crippen molar-refractivity contribution >= 4 is 28.0 Å². The molecule has 0 bridgehead atoms. The average molecular weight is 310 g/mol. The summed E-state index contributed by atoms with van der Waals surface area (Å²) in [4.78, 5) is 13.4. The minimum Gasteiger partial charge on any atom is -0.493 e. The van der Waals surface area contributed by atoms with Crippen molar-refractivity contribution in [2.45, 2.75) is 13.8 Å². The summed E-state index contributed by atoms with van der Waals surface area (Å²) in [5, 5.41) is 29.9. The third kappa shape index (κ3) is 2.52. The highest BCUT2D eigenvalue weighted by atomic mass is 16.6. The van der Waals surface area contributed by atoms with E-state index in [9.17, 15) is 15.2 Å². The molecule has 116 valence electrons. The number of nitro benzene ring substituents is 1. The number of aromatic amines is 1. The van der Waals surface area contributed by atoms with Crippen LogP contribution in [0.4, 0.5) is 17.1 Å². The summed E-state index contributed by atoms with van der Waals surface area (Å²) >= 11 is 0. The lowest BCUT2D eigenvalue weighted by atomic mass is 10.1. The maximum atomic E-state index is 11.0. The second-order valence-corrected chi connectivity index (χ2v) is 5.22. The number of fused-ring (bicyclic) bond motifs is 1. The number of benzene rings is 2. The molecule has 1 aromatic heterocycles. The molecular weight excluding hydrogens is 296 g/mol. The van der Waals surface area contributed by atoms with Crippen LogP contribution in [0.5, 0.6) is 5.88 Å². The quantitative estimate of drug-likeness (QED) is 0.412. The molecule has 7 nitrogen and oxygen atoms in total. The van der Waals surface area contributed by atoms with E-state index < -0.39 is 4.92 Å². The van der Waals surface area contributed by atoms with Crippen molar-refractivity contribution < 1.29 is 10.0 Å². The van der Waals surface area contributed by atoms with E-state index in [4.69, 9.17) is 0 Å². The second-order valence-electron chi connectivity index (χ2n) is 5.22. The van der Waals surface area contributed by atoms with Crippen molar-refractivity contribution in [2.75, 3.05) is 0 Å². The summed E-state index contributed by atoms with van der Waals surface area (Å²) in [5.74, 6) is -0.111. The van der Waals surface area contributed by atoms with Crippen molar-refractivity contribution in [1.29, 1.82) is 0 Å². The predicted octanol–water partition coefficient (Wildman–Crippen LogP) is 4.81. The minimum absolute atomic E-state index is 0.111. The number of nitro groups is 1. The van der Waals surface area contributed by atoms with Crippen LogP contribution < -0.4 is 0 Å². The highest BCUT2D eigenvalue weighted by Gasteiger charge is 2.16. The fourth-order valence-corrected chi connectivity index (χ4v) is 2.48. The molecule has 0 aliphatic heterocycles. The third-order valence-electron chi connectivity index (χ3n) is 3.66. The van der Waals surface area contributed by atoms with E-state index in [2.05, 4.69) is 15.2 Å². The van der Waals surface area contributed by atoms with E-state index in [0.717, 1.165) is 22.0 Å². The Labute approximate surface area is 131 Å². The molecule has 0 radical (unpaired) electrons. The van der Waals surface area contributed by atoms with Gasteiger partial charge in [-0.05, 0) is 31.0 Å². The summed E-state index contributed by atoms with van der Waals surface area (Å²) in [7, 11) is 0. The van der Waals surface area contributed by atoms with Gasteiger partial charge in [-0.2, -0.15) is 0 Å². The number of H-pyrrole nitrogens is 1. The number of hydrogen-bond donors (Lipinski definition) is 2. The van der Waals surface area contributed by atoms with Gasteiger partial charge in [0.05, 0.1) is 10.4 Å². The highest BCUT2D eigenvalue weighted by molar-refractivity contribution is 5.98. The molecule has 0 atom stereocenters. The first-order chi connectivity index (χ1) is 11.0. The molecule has 0 saturated heterocycles. The van der Waals surface area contributed by atoms with Gasteiger partial charge in [0.2, 0.25) is 5.88 Å². The highest BCUT2D eigenvalue weighted by Crippen LogP contribution is 2.40. The Morgan fingerprint density at radius 2 is 1.78 bits per heavy atom. The number of para-hydroxylation sites is 1. The number of rotatable bonds is 3. The molecular formula is C16H14N4O3. The van der Waals surface area contributed by atoms with Gasteiger partial charge in [0.25, 0.3) is 5.69 Å². The number of azo groups is 1. The monoisotopic (exact) mass is 310 g/mol. The van der Waals surface area contributed by atoms with Crippen molar-refractivity contribution in [3.8, 4) is 5.88 Å². The van der Waals surface area contributed by atoms with Gasteiger partial charge in [-0.25, -0.2) is 0 Å². The maximum Gasteiger partial charge on any atom is 0.296 e. The van der Waals surface area contributed by atoms with Gasteiger partial charge in [0.15, 0.2) is 11.4 Å². The first-order valence-corrected chi connectivity index (χ1v) is 6.95. The summed E-state index contributed by atoms with van der Waals surface area (Å²) in [5.41, 5.74) is 2.95. The fraction of sp³-hybridized carbons (Fsp3) is 0.125. The first kappa shape index (κ1) is 14.7. The van der Waals surface area contributed by atoms with Crippen LogP contribution in [0.25, 0.3) is 10.9 Å². The van der Waals surface area contributed by atoms with Crippen molar-refractivity contribution in [3.05, 3.63) is 57.6 Å². The average Bonchev–Trinajstić information content (AvgIpc) is 2.87. The summed E-state index contributed by atoms with van der Waals surface area (Å²) in [6.45, 7) is 3.82. The molecule has 1 heterocycles. The number of nitrogens with zero attached hydrogens (tertiary/aromatic N) is 3. The van der Waals surface area contributed by atoms with E-state index in [-0.39, 0.29) is 22.9 Å². The third-order valence-corrected chi connectivity index (χ3v) is 3.66. The molecule has 0 aliphatic carbocycles. The van der Waals surface area contributed by atoms with E-state index in [1.54, 1.807) is 12.1 Å². The first-order valence-electron chi connectivity index (χ1n) is 6.95. The fourth-order valence-electron chi connectivity index (χ4n) is 2.48. The van der Waals surface area contributed by atoms with Crippen molar-refractivity contribution in [3.63, 3.8) is 0 Å². The lowest BCUT2D eigenvalue weighted by Crippen LogP contribution is -1.87. The molecule has 23 heavy (non-hydrogen) atoms. The van der Waals surface area contributed by atoms with Crippen LogP contribution in [0.15, 0.2) is 46.6 Å². The Kier molecular flexibility index (Phi) is 3.53. The Hall–Kier alpha value is -3.22. The topological polar surface area (TPSA) is 104 Å². The summed E-state index contributed by atoms with van der Waals surface area (Å²) in [6.07, 6.45) is 0. The molecule has 0 aliphatic rings. The largest absolute Gasteiger partial charge is 0.493 e. The van der Waals surface area contributed by atoms with Crippen LogP contribution in [0.3, 0.4) is 0 Å². The Balaban J connectivity index is 2.15. The zero-order valence-corrected chi connectivity index (χ0v) is 12.6. The molecule has 7 heteroatoms. The lowest BCUT2D eigenvalue weighted by Gasteiger charge is -2.00. The van der Waals surface area contributed by atoms with E-state index in [1.807, 2.05) is 26.0 Å². The molecule has 3 aromatic rings. The molecule has 0 amide bonds. The van der Waals surface area contributed by atoms with Crippen LogP contribution in [0, 0.1) is 24.0 Å². The SMILES string of the molecule is Cc1ccc(C)c2c(N=Nc3ccccc3[N+](=O)[O-])c(O)[nH]c12. The predicted molar refractivity (Wildman–Crippen MR) is 86.7 cm³/mol. The van der Waals surface area contributed by atoms with Crippen LogP contribution in [-0.2, 0) is 0 Å². The zero-order chi connectivity index (χ0) is 16.6. The van der Waals surface area contributed by atoms with Gasteiger partial charge < -0.3 is 10.1 Å².